The van der Waals surface area contributed by atoms with E-state index in [1.807, 2.05) is 6.07 Å². The molecule has 1 aliphatic carbocycles. The number of aryl methyl sites for hydroxylation is 1. The van der Waals surface area contributed by atoms with E-state index in [1.54, 1.807) is 0 Å². The summed E-state index contributed by atoms with van der Waals surface area (Å²) in [7, 11) is 0. The van der Waals surface area contributed by atoms with Gasteiger partial charge >= 0.3 is 0 Å². The summed E-state index contributed by atoms with van der Waals surface area (Å²) in [5, 5.41) is 10.1. The maximum Gasteiger partial charge on any atom is 0.140 e. The third kappa shape index (κ3) is 1.28. The van der Waals surface area contributed by atoms with Crippen molar-refractivity contribution in [2.24, 2.45) is 5.73 Å². The zero-order valence-electron chi connectivity index (χ0n) is 8.71. The Hall–Kier alpha value is -0.800. The normalized spacial score (nSPS) is 25.8. The van der Waals surface area contributed by atoms with Crippen molar-refractivity contribution in [2.45, 2.75) is 38.2 Å². The molecule has 1 aromatic heterocycles. The number of furan rings is 1. The van der Waals surface area contributed by atoms with Crippen molar-refractivity contribution in [3.63, 3.8) is 0 Å². The minimum Gasteiger partial charge on any atom is -0.462 e. The van der Waals surface area contributed by atoms with Crippen LogP contribution in [0.2, 0.25) is 0 Å². The average Bonchev–Trinajstić information content (AvgIpc) is 2.68. The van der Waals surface area contributed by atoms with E-state index in [0.29, 0.717) is 18.1 Å². The Morgan fingerprint density at radius 2 is 2.36 bits per heavy atom. The van der Waals surface area contributed by atoms with Gasteiger partial charge in [0.2, 0.25) is 0 Å². The average molecular weight is 195 g/mol. The van der Waals surface area contributed by atoms with E-state index in [4.69, 9.17) is 10.2 Å². The molecule has 3 N–H and O–H groups in total. The van der Waals surface area contributed by atoms with E-state index < -0.39 is 5.60 Å². The summed E-state index contributed by atoms with van der Waals surface area (Å²) in [6, 6.07) is 2.05. The standard InChI is InChI=1S/C11H17NO2/c1-7(2)9-5-8-3-4-11(13,6-12)10(8)14-9/h5,7,13H,3-4,6,12H2,1-2H3. The van der Waals surface area contributed by atoms with Crippen molar-refractivity contribution in [3.05, 3.63) is 23.2 Å². The minimum absolute atomic E-state index is 0.241. The number of fused-ring (bicyclic) bond motifs is 1. The summed E-state index contributed by atoms with van der Waals surface area (Å²) in [5.74, 6) is 2.01. The summed E-state index contributed by atoms with van der Waals surface area (Å²) in [6.45, 7) is 4.40. The molecule has 0 saturated heterocycles. The largest absolute Gasteiger partial charge is 0.462 e. The Morgan fingerprint density at radius 3 is 2.93 bits per heavy atom. The van der Waals surface area contributed by atoms with E-state index in [2.05, 4.69) is 13.8 Å². The molecule has 0 spiro atoms. The van der Waals surface area contributed by atoms with Crippen LogP contribution in [0, 0.1) is 0 Å². The van der Waals surface area contributed by atoms with Crippen LogP contribution in [0.3, 0.4) is 0 Å². The first kappa shape index (κ1) is 9.74. The van der Waals surface area contributed by atoms with Crippen molar-refractivity contribution in [1.29, 1.82) is 0 Å². The van der Waals surface area contributed by atoms with E-state index in [9.17, 15) is 5.11 Å². The predicted molar refractivity (Wildman–Crippen MR) is 54.1 cm³/mol. The Bertz CT molecular complexity index is 343. The molecule has 1 heterocycles. The van der Waals surface area contributed by atoms with Gasteiger partial charge in [0, 0.05) is 12.5 Å². The highest BCUT2D eigenvalue weighted by Gasteiger charge is 2.39. The van der Waals surface area contributed by atoms with Gasteiger partial charge < -0.3 is 15.3 Å². The predicted octanol–water partition coefficient (Wildman–Crippen LogP) is 1.50. The molecule has 3 nitrogen and oxygen atoms in total. The first-order valence-electron chi connectivity index (χ1n) is 5.12. The van der Waals surface area contributed by atoms with Crippen molar-refractivity contribution < 1.29 is 9.52 Å². The molecule has 14 heavy (non-hydrogen) atoms. The third-order valence-corrected chi connectivity index (χ3v) is 2.97. The van der Waals surface area contributed by atoms with Crippen LogP contribution in [0.1, 0.15) is 43.3 Å². The van der Waals surface area contributed by atoms with Crippen LogP contribution in [0.5, 0.6) is 0 Å². The number of rotatable bonds is 2. The van der Waals surface area contributed by atoms with Crippen LogP contribution in [-0.4, -0.2) is 11.7 Å². The molecular weight excluding hydrogens is 178 g/mol. The van der Waals surface area contributed by atoms with Crippen molar-refractivity contribution in [2.75, 3.05) is 6.54 Å². The van der Waals surface area contributed by atoms with Crippen LogP contribution in [0.15, 0.2) is 10.5 Å². The molecule has 2 rings (SSSR count). The van der Waals surface area contributed by atoms with E-state index in [-0.39, 0.29) is 6.54 Å². The molecule has 78 valence electrons. The Kier molecular flexibility index (Phi) is 2.16. The lowest BCUT2D eigenvalue weighted by atomic mass is 10.0. The molecular formula is C11H17NO2. The van der Waals surface area contributed by atoms with Gasteiger partial charge in [-0.05, 0) is 24.5 Å². The topological polar surface area (TPSA) is 59.4 Å². The second-order valence-corrected chi connectivity index (χ2v) is 4.39. The minimum atomic E-state index is -0.914. The Balaban J connectivity index is 2.40. The first-order valence-corrected chi connectivity index (χ1v) is 5.12. The van der Waals surface area contributed by atoms with Crippen molar-refractivity contribution >= 4 is 0 Å². The highest BCUT2D eigenvalue weighted by molar-refractivity contribution is 5.33. The molecule has 0 radical (unpaired) electrons. The lowest BCUT2D eigenvalue weighted by Gasteiger charge is -2.18. The molecule has 0 amide bonds. The van der Waals surface area contributed by atoms with Crippen LogP contribution < -0.4 is 5.73 Å². The Labute approximate surface area is 83.9 Å². The van der Waals surface area contributed by atoms with Crippen LogP contribution in [0.4, 0.5) is 0 Å². The van der Waals surface area contributed by atoms with Gasteiger partial charge in [-0.1, -0.05) is 13.8 Å². The monoisotopic (exact) mass is 195 g/mol. The van der Waals surface area contributed by atoms with Gasteiger partial charge in [0.1, 0.15) is 17.1 Å². The molecule has 1 aliphatic rings. The molecule has 0 aromatic carbocycles. The lowest BCUT2D eigenvalue weighted by molar-refractivity contribution is 0.0257. The molecule has 0 bridgehead atoms. The maximum absolute atomic E-state index is 10.1. The van der Waals surface area contributed by atoms with Gasteiger partial charge in [-0.3, -0.25) is 0 Å². The van der Waals surface area contributed by atoms with E-state index in [1.165, 1.54) is 0 Å². The fraction of sp³-hybridized carbons (Fsp3) is 0.636. The number of hydrogen-bond donors (Lipinski definition) is 2. The van der Waals surface area contributed by atoms with Gasteiger partial charge in [0.25, 0.3) is 0 Å². The van der Waals surface area contributed by atoms with Gasteiger partial charge in [-0.2, -0.15) is 0 Å². The van der Waals surface area contributed by atoms with Crippen LogP contribution >= 0.6 is 0 Å². The quantitative estimate of drug-likeness (QED) is 0.751. The SMILES string of the molecule is CC(C)c1cc2c(o1)C(O)(CN)CC2. The van der Waals surface area contributed by atoms with Crippen LogP contribution in [0.25, 0.3) is 0 Å². The summed E-state index contributed by atoms with van der Waals surface area (Å²) in [5.41, 5.74) is 5.77. The van der Waals surface area contributed by atoms with Gasteiger partial charge in [-0.25, -0.2) is 0 Å². The van der Waals surface area contributed by atoms with Gasteiger partial charge in [-0.15, -0.1) is 0 Å². The van der Waals surface area contributed by atoms with E-state index >= 15 is 0 Å². The summed E-state index contributed by atoms with van der Waals surface area (Å²) in [6.07, 6.45) is 1.56. The van der Waals surface area contributed by atoms with Crippen LogP contribution in [-0.2, 0) is 12.0 Å². The molecule has 0 aliphatic heterocycles. The van der Waals surface area contributed by atoms with E-state index in [0.717, 1.165) is 17.7 Å². The van der Waals surface area contributed by atoms with Crippen molar-refractivity contribution in [1.82, 2.24) is 0 Å². The molecule has 1 unspecified atom stereocenters. The lowest BCUT2D eigenvalue weighted by Crippen LogP contribution is -2.31. The fourth-order valence-corrected chi connectivity index (χ4v) is 1.96. The molecule has 1 aromatic rings. The number of hydrogen-bond acceptors (Lipinski definition) is 3. The Morgan fingerprint density at radius 1 is 1.64 bits per heavy atom. The molecule has 1 atom stereocenters. The summed E-state index contributed by atoms with van der Waals surface area (Å²) >= 11 is 0. The first-order chi connectivity index (χ1) is 6.57. The smallest absolute Gasteiger partial charge is 0.140 e. The highest BCUT2D eigenvalue weighted by atomic mass is 16.4. The highest BCUT2D eigenvalue weighted by Crippen LogP contribution is 2.39. The van der Waals surface area contributed by atoms with Gasteiger partial charge in [0.15, 0.2) is 0 Å². The molecule has 3 heteroatoms. The molecule has 0 saturated carbocycles. The zero-order chi connectivity index (χ0) is 10.3. The molecule has 0 fully saturated rings. The maximum atomic E-state index is 10.1. The van der Waals surface area contributed by atoms with Gasteiger partial charge in [0.05, 0.1) is 0 Å². The number of nitrogens with two attached hydrogens (primary N) is 1. The summed E-state index contributed by atoms with van der Waals surface area (Å²) in [4.78, 5) is 0. The zero-order valence-corrected chi connectivity index (χ0v) is 8.71. The number of aliphatic hydroxyl groups is 1. The second-order valence-electron chi connectivity index (χ2n) is 4.39. The third-order valence-electron chi connectivity index (χ3n) is 2.97. The second kappa shape index (κ2) is 3.11. The fourth-order valence-electron chi connectivity index (χ4n) is 1.96. The summed E-state index contributed by atoms with van der Waals surface area (Å²) < 4.78 is 5.66. The van der Waals surface area contributed by atoms with Crippen molar-refractivity contribution in [3.8, 4) is 0 Å².